The van der Waals surface area contributed by atoms with Crippen molar-refractivity contribution >= 4 is 11.0 Å². The maximum atomic E-state index is 12.1. The number of rotatable bonds is 3. The number of nitrogens with one attached hydrogen (secondary N) is 1. The highest BCUT2D eigenvalue weighted by Gasteiger charge is 2.14. The molecular formula is C14H15N5O. The van der Waals surface area contributed by atoms with E-state index < -0.39 is 0 Å². The Morgan fingerprint density at radius 1 is 1.30 bits per heavy atom. The zero-order valence-electron chi connectivity index (χ0n) is 11.4. The molecule has 0 aliphatic rings. The van der Waals surface area contributed by atoms with Crippen molar-refractivity contribution in [1.29, 1.82) is 0 Å². The number of hydrogen-bond donors (Lipinski definition) is 1. The Hall–Kier alpha value is -2.50. The van der Waals surface area contributed by atoms with E-state index in [4.69, 9.17) is 0 Å². The molecule has 0 aliphatic heterocycles. The number of aromatic nitrogens is 5. The van der Waals surface area contributed by atoms with Gasteiger partial charge >= 0.3 is 0 Å². The molecule has 102 valence electrons. The molecule has 0 unspecified atom stereocenters. The van der Waals surface area contributed by atoms with Gasteiger partial charge in [0.25, 0.3) is 5.56 Å². The number of pyridine rings is 1. The van der Waals surface area contributed by atoms with Crippen molar-refractivity contribution in [2.24, 2.45) is 0 Å². The van der Waals surface area contributed by atoms with E-state index in [0.717, 1.165) is 18.5 Å². The molecule has 0 saturated carbocycles. The first-order chi connectivity index (χ1) is 9.70. The van der Waals surface area contributed by atoms with Gasteiger partial charge in [-0.05, 0) is 25.5 Å². The van der Waals surface area contributed by atoms with Crippen LogP contribution in [0.5, 0.6) is 0 Å². The Balaban J connectivity index is 2.25. The molecular weight excluding hydrogens is 254 g/mol. The van der Waals surface area contributed by atoms with Gasteiger partial charge in [0.1, 0.15) is 11.3 Å². The second-order valence-corrected chi connectivity index (χ2v) is 4.64. The summed E-state index contributed by atoms with van der Waals surface area (Å²) < 4.78 is 1.66. The monoisotopic (exact) mass is 269 g/mol. The Morgan fingerprint density at radius 2 is 2.15 bits per heavy atom. The van der Waals surface area contributed by atoms with Crippen LogP contribution in [-0.2, 0) is 6.42 Å². The second kappa shape index (κ2) is 4.88. The van der Waals surface area contributed by atoms with Crippen molar-refractivity contribution < 1.29 is 0 Å². The van der Waals surface area contributed by atoms with Crippen LogP contribution < -0.4 is 5.56 Å². The van der Waals surface area contributed by atoms with Gasteiger partial charge < -0.3 is 4.98 Å². The number of nitrogens with zero attached hydrogens (tertiary/aromatic N) is 4. The van der Waals surface area contributed by atoms with Gasteiger partial charge in [-0.2, -0.15) is 5.10 Å². The molecule has 0 spiro atoms. The fourth-order valence-electron chi connectivity index (χ4n) is 2.19. The van der Waals surface area contributed by atoms with Crippen LogP contribution in [0.1, 0.15) is 24.9 Å². The molecule has 3 rings (SSSR count). The number of aromatic amines is 1. The topological polar surface area (TPSA) is 76.5 Å². The fourth-order valence-corrected chi connectivity index (χ4v) is 2.19. The molecule has 1 N–H and O–H groups in total. The highest BCUT2D eigenvalue weighted by atomic mass is 16.1. The van der Waals surface area contributed by atoms with E-state index in [2.05, 4.69) is 20.1 Å². The molecule has 0 fully saturated rings. The predicted octanol–water partition coefficient (Wildman–Crippen LogP) is 1.76. The third-order valence-electron chi connectivity index (χ3n) is 3.16. The van der Waals surface area contributed by atoms with Crippen LogP contribution in [-0.4, -0.2) is 24.7 Å². The number of hydrogen-bond acceptors (Lipinski definition) is 4. The van der Waals surface area contributed by atoms with E-state index in [-0.39, 0.29) is 5.56 Å². The van der Waals surface area contributed by atoms with Crippen molar-refractivity contribution in [3.8, 4) is 5.82 Å². The minimum absolute atomic E-state index is 0.198. The van der Waals surface area contributed by atoms with Crippen molar-refractivity contribution in [3.05, 3.63) is 46.3 Å². The average molecular weight is 269 g/mol. The summed E-state index contributed by atoms with van der Waals surface area (Å²) in [6, 6.07) is 5.57. The van der Waals surface area contributed by atoms with E-state index in [1.807, 2.05) is 32.0 Å². The molecule has 20 heavy (non-hydrogen) atoms. The van der Waals surface area contributed by atoms with Gasteiger partial charge in [0.2, 0.25) is 0 Å². The lowest BCUT2D eigenvalue weighted by atomic mass is 10.3. The van der Waals surface area contributed by atoms with E-state index in [0.29, 0.717) is 22.7 Å². The Kier molecular flexibility index (Phi) is 3.06. The zero-order valence-corrected chi connectivity index (χ0v) is 11.4. The highest BCUT2D eigenvalue weighted by Crippen LogP contribution is 2.15. The molecule has 0 aliphatic carbocycles. The first-order valence-electron chi connectivity index (χ1n) is 6.60. The summed E-state index contributed by atoms with van der Waals surface area (Å²) in [5, 5.41) is 4.33. The molecule has 0 amide bonds. The molecule has 0 atom stereocenters. The van der Waals surface area contributed by atoms with E-state index in [9.17, 15) is 4.79 Å². The first-order valence-corrected chi connectivity index (χ1v) is 6.60. The van der Waals surface area contributed by atoms with Crippen molar-refractivity contribution in [2.45, 2.75) is 26.7 Å². The van der Waals surface area contributed by atoms with Gasteiger partial charge in [0.15, 0.2) is 11.3 Å². The molecule has 0 radical (unpaired) electrons. The molecule has 3 heterocycles. The molecule has 6 nitrogen and oxygen atoms in total. The van der Waals surface area contributed by atoms with Gasteiger partial charge in [-0.1, -0.05) is 13.0 Å². The quantitative estimate of drug-likeness (QED) is 0.786. The van der Waals surface area contributed by atoms with Crippen LogP contribution in [0.15, 0.2) is 29.2 Å². The molecule has 0 saturated heterocycles. The summed E-state index contributed by atoms with van der Waals surface area (Å²) in [5.74, 6) is 1.38. The lowest BCUT2D eigenvalue weighted by Crippen LogP contribution is -2.11. The summed E-state index contributed by atoms with van der Waals surface area (Å²) in [4.78, 5) is 23.6. The maximum Gasteiger partial charge on any atom is 0.279 e. The minimum Gasteiger partial charge on any atom is -0.309 e. The third-order valence-corrected chi connectivity index (χ3v) is 3.16. The standard InChI is InChI=1S/C14H15N5O/c1-3-6-10-16-12-9(2)19(11-7-4-5-8-15-11)18-13(12)14(20)17-10/h4-5,7-8H,3,6H2,1-2H3,(H,16,17,20). The van der Waals surface area contributed by atoms with Crippen LogP contribution in [0, 0.1) is 6.92 Å². The van der Waals surface area contributed by atoms with Gasteiger partial charge in [0, 0.05) is 12.6 Å². The smallest absolute Gasteiger partial charge is 0.279 e. The fraction of sp³-hybridized carbons (Fsp3) is 0.286. The number of fused-ring (bicyclic) bond motifs is 1. The lowest BCUT2D eigenvalue weighted by Gasteiger charge is -2.01. The summed E-state index contributed by atoms with van der Waals surface area (Å²) in [7, 11) is 0. The largest absolute Gasteiger partial charge is 0.309 e. The van der Waals surface area contributed by atoms with Gasteiger partial charge in [-0.25, -0.2) is 14.6 Å². The lowest BCUT2D eigenvalue weighted by molar-refractivity contribution is 0.827. The van der Waals surface area contributed by atoms with Crippen LogP contribution in [0.4, 0.5) is 0 Å². The normalized spacial score (nSPS) is 11.1. The maximum absolute atomic E-state index is 12.1. The molecule has 3 aromatic heterocycles. The average Bonchev–Trinajstić information content (AvgIpc) is 2.79. The van der Waals surface area contributed by atoms with Crippen molar-refractivity contribution in [2.75, 3.05) is 0 Å². The van der Waals surface area contributed by atoms with Crippen LogP contribution >= 0.6 is 0 Å². The third kappa shape index (κ3) is 1.99. The Morgan fingerprint density at radius 3 is 2.85 bits per heavy atom. The Bertz CT molecular complexity index is 804. The minimum atomic E-state index is -0.198. The van der Waals surface area contributed by atoms with Gasteiger partial charge in [-0.3, -0.25) is 4.79 Å². The number of aryl methyl sites for hydroxylation is 2. The summed E-state index contributed by atoms with van der Waals surface area (Å²) in [5.41, 5.74) is 1.62. The van der Waals surface area contributed by atoms with E-state index >= 15 is 0 Å². The van der Waals surface area contributed by atoms with Crippen LogP contribution in [0.25, 0.3) is 16.9 Å². The summed E-state index contributed by atoms with van der Waals surface area (Å²) in [6.45, 7) is 3.94. The Labute approximate surface area is 115 Å². The highest BCUT2D eigenvalue weighted by molar-refractivity contribution is 5.76. The number of H-pyrrole nitrogens is 1. The van der Waals surface area contributed by atoms with E-state index in [1.165, 1.54) is 0 Å². The van der Waals surface area contributed by atoms with Gasteiger partial charge in [0.05, 0.1) is 5.69 Å². The molecule has 3 aromatic rings. The SMILES string of the molecule is CCCc1nc2c(C)n(-c3ccccn3)nc2c(=O)[nH]1. The predicted molar refractivity (Wildman–Crippen MR) is 76.0 cm³/mol. The van der Waals surface area contributed by atoms with Crippen molar-refractivity contribution in [1.82, 2.24) is 24.7 Å². The zero-order chi connectivity index (χ0) is 14.1. The first kappa shape index (κ1) is 12.5. The molecule has 0 aromatic carbocycles. The van der Waals surface area contributed by atoms with Crippen LogP contribution in [0.2, 0.25) is 0 Å². The molecule has 0 bridgehead atoms. The summed E-state index contributed by atoms with van der Waals surface area (Å²) in [6.07, 6.45) is 3.38. The second-order valence-electron chi connectivity index (χ2n) is 4.64. The molecule has 6 heteroatoms. The van der Waals surface area contributed by atoms with Crippen LogP contribution in [0.3, 0.4) is 0 Å². The summed E-state index contributed by atoms with van der Waals surface area (Å²) >= 11 is 0. The van der Waals surface area contributed by atoms with Crippen molar-refractivity contribution in [3.63, 3.8) is 0 Å². The van der Waals surface area contributed by atoms with E-state index in [1.54, 1.807) is 10.9 Å². The van der Waals surface area contributed by atoms with Gasteiger partial charge in [-0.15, -0.1) is 0 Å².